The van der Waals surface area contributed by atoms with Crippen molar-refractivity contribution in [3.05, 3.63) is 48.5 Å². The van der Waals surface area contributed by atoms with E-state index in [0.717, 1.165) is 21.8 Å². The molecule has 0 saturated heterocycles. The van der Waals surface area contributed by atoms with E-state index in [4.69, 9.17) is 0 Å². The first-order valence-electron chi connectivity index (χ1n) is 4.55. The monoisotopic (exact) mass is 199 g/mol. The smallest absolute Gasteiger partial charge is 0.0879 e. The summed E-state index contributed by atoms with van der Waals surface area (Å²) in [7, 11) is 0. The number of fused-ring (bicyclic) bond motifs is 3. The summed E-state index contributed by atoms with van der Waals surface area (Å²) < 4.78 is 1.24. The first-order chi connectivity index (χ1) is 6.88. The Kier molecular flexibility index (Phi) is 2.12. The van der Waals surface area contributed by atoms with Crippen LogP contribution in [0.2, 0.25) is 0 Å². The van der Waals surface area contributed by atoms with Gasteiger partial charge >= 0.3 is 0 Å². The van der Waals surface area contributed by atoms with Crippen LogP contribution in [0.4, 0.5) is 0 Å². The SMILES string of the molecule is C.On1c2ccccc2c2ccccc21. The topological polar surface area (TPSA) is 25.2 Å². The molecule has 0 atom stereocenters. The molecule has 3 aromatic rings. The van der Waals surface area contributed by atoms with Gasteiger partial charge < -0.3 is 5.21 Å². The molecule has 0 unspecified atom stereocenters. The van der Waals surface area contributed by atoms with Crippen LogP contribution < -0.4 is 0 Å². The van der Waals surface area contributed by atoms with Crippen LogP contribution in [0, 0.1) is 0 Å². The number of para-hydroxylation sites is 2. The highest BCUT2D eigenvalue weighted by molar-refractivity contribution is 6.07. The summed E-state index contributed by atoms with van der Waals surface area (Å²) >= 11 is 0. The molecule has 1 aromatic heterocycles. The molecule has 0 aliphatic carbocycles. The molecule has 1 N–H and O–H groups in total. The first kappa shape index (κ1) is 9.59. The number of rotatable bonds is 0. The van der Waals surface area contributed by atoms with Gasteiger partial charge in [-0.3, -0.25) is 0 Å². The Morgan fingerprint density at radius 1 is 0.733 bits per heavy atom. The van der Waals surface area contributed by atoms with Crippen molar-refractivity contribution in [1.29, 1.82) is 0 Å². The van der Waals surface area contributed by atoms with Gasteiger partial charge in [-0.15, -0.1) is 0 Å². The Morgan fingerprint density at radius 3 is 1.60 bits per heavy atom. The van der Waals surface area contributed by atoms with E-state index >= 15 is 0 Å². The van der Waals surface area contributed by atoms with Gasteiger partial charge in [0.2, 0.25) is 0 Å². The van der Waals surface area contributed by atoms with Gasteiger partial charge in [-0.2, -0.15) is 4.73 Å². The second kappa shape index (κ2) is 3.31. The molecule has 2 aromatic carbocycles. The highest BCUT2D eigenvalue weighted by atomic mass is 16.5. The minimum Gasteiger partial charge on any atom is -0.428 e. The van der Waals surface area contributed by atoms with Crippen LogP contribution in [-0.2, 0) is 0 Å². The lowest BCUT2D eigenvalue weighted by molar-refractivity contribution is 0.213. The fourth-order valence-corrected chi connectivity index (χ4v) is 1.90. The quantitative estimate of drug-likeness (QED) is 0.549. The number of nitrogens with zero attached hydrogens (tertiary/aromatic N) is 1. The van der Waals surface area contributed by atoms with Gasteiger partial charge in [-0.05, 0) is 12.1 Å². The van der Waals surface area contributed by atoms with Crippen LogP contribution >= 0.6 is 0 Å². The summed E-state index contributed by atoms with van der Waals surface area (Å²) in [6.07, 6.45) is 0. The third kappa shape index (κ3) is 1.18. The van der Waals surface area contributed by atoms with Crippen molar-refractivity contribution in [2.75, 3.05) is 0 Å². The van der Waals surface area contributed by atoms with E-state index in [1.807, 2.05) is 48.5 Å². The highest BCUT2D eigenvalue weighted by Gasteiger charge is 2.06. The van der Waals surface area contributed by atoms with Crippen molar-refractivity contribution in [3.8, 4) is 0 Å². The van der Waals surface area contributed by atoms with Crippen molar-refractivity contribution < 1.29 is 5.21 Å². The van der Waals surface area contributed by atoms with E-state index < -0.39 is 0 Å². The third-order valence-corrected chi connectivity index (χ3v) is 2.55. The second-order valence-corrected chi connectivity index (χ2v) is 3.35. The third-order valence-electron chi connectivity index (χ3n) is 2.55. The summed E-state index contributed by atoms with van der Waals surface area (Å²) in [5.41, 5.74) is 1.71. The predicted octanol–water partition coefficient (Wildman–Crippen LogP) is 3.67. The number of hydrogen-bond acceptors (Lipinski definition) is 1. The van der Waals surface area contributed by atoms with Gasteiger partial charge in [-0.1, -0.05) is 43.8 Å². The van der Waals surface area contributed by atoms with Crippen LogP contribution in [0.25, 0.3) is 21.8 Å². The zero-order chi connectivity index (χ0) is 9.54. The van der Waals surface area contributed by atoms with Gasteiger partial charge in [0.1, 0.15) is 0 Å². The summed E-state index contributed by atoms with van der Waals surface area (Å²) in [5.74, 6) is 0. The van der Waals surface area contributed by atoms with Crippen molar-refractivity contribution in [1.82, 2.24) is 4.73 Å². The fourth-order valence-electron chi connectivity index (χ4n) is 1.90. The lowest BCUT2D eigenvalue weighted by atomic mass is 10.2. The lowest BCUT2D eigenvalue weighted by Crippen LogP contribution is -1.87. The predicted molar refractivity (Wildman–Crippen MR) is 63.4 cm³/mol. The van der Waals surface area contributed by atoms with E-state index in [1.54, 1.807) is 0 Å². The molecule has 0 radical (unpaired) electrons. The van der Waals surface area contributed by atoms with Crippen LogP contribution in [0.5, 0.6) is 0 Å². The largest absolute Gasteiger partial charge is 0.428 e. The van der Waals surface area contributed by atoms with Gasteiger partial charge in [-0.25, -0.2) is 0 Å². The molecule has 0 bridgehead atoms. The molecule has 0 amide bonds. The standard InChI is InChI=1S/C12H9NO.CH4/c14-13-11-7-3-1-5-9(11)10-6-2-4-8-12(10)13;/h1-8,14H;1H4. The van der Waals surface area contributed by atoms with E-state index in [9.17, 15) is 5.21 Å². The summed E-state index contributed by atoms with van der Waals surface area (Å²) in [4.78, 5) is 0. The van der Waals surface area contributed by atoms with E-state index in [2.05, 4.69) is 0 Å². The minimum atomic E-state index is 0. The number of hydrogen-bond donors (Lipinski definition) is 1. The van der Waals surface area contributed by atoms with E-state index in [-0.39, 0.29) is 7.43 Å². The zero-order valence-electron chi connectivity index (χ0n) is 7.51. The molecule has 0 saturated carbocycles. The molecular formula is C13H13NO. The van der Waals surface area contributed by atoms with Gasteiger partial charge in [0.15, 0.2) is 0 Å². The molecule has 0 fully saturated rings. The van der Waals surface area contributed by atoms with Crippen LogP contribution in [0.1, 0.15) is 7.43 Å². The van der Waals surface area contributed by atoms with Crippen molar-refractivity contribution >= 4 is 21.8 Å². The Bertz CT molecular complexity index is 557. The van der Waals surface area contributed by atoms with Gasteiger partial charge in [0.25, 0.3) is 0 Å². The van der Waals surface area contributed by atoms with Gasteiger partial charge in [0.05, 0.1) is 11.0 Å². The van der Waals surface area contributed by atoms with E-state index in [1.165, 1.54) is 4.73 Å². The maximum atomic E-state index is 9.87. The van der Waals surface area contributed by atoms with E-state index in [0.29, 0.717) is 0 Å². The highest BCUT2D eigenvalue weighted by Crippen LogP contribution is 2.26. The maximum Gasteiger partial charge on any atom is 0.0879 e. The molecule has 0 aliphatic heterocycles. The normalized spacial score (nSPS) is 10.4. The Hall–Kier alpha value is -1.96. The molecule has 3 rings (SSSR count). The number of aromatic nitrogens is 1. The minimum absolute atomic E-state index is 0. The molecular weight excluding hydrogens is 186 g/mol. The van der Waals surface area contributed by atoms with Gasteiger partial charge in [0, 0.05) is 10.8 Å². The van der Waals surface area contributed by atoms with Crippen molar-refractivity contribution in [3.63, 3.8) is 0 Å². The fraction of sp³-hybridized carbons (Fsp3) is 0.0769. The summed E-state index contributed by atoms with van der Waals surface area (Å²) in [6, 6.07) is 15.7. The van der Waals surface area contributed by atoms with Crippen LogP contribution in [0.15, 0.2) is 48.5 Å². The average Bonchev–Trinajstić information content (AvgIpc) is 2.55. The summed E-state index contributed by atoms with van der Waals surface area (Å²) in [5, 5.41) is 12.0. The Labute approximate surface area is 88.3 Å². The maximum absolute atomic E-state index is 9.87. The summed E-state index contributed by atoms with van der Waals surface area (Å²) in [6.45, 7) is 0. The molecule has 0 aliphatic rings. The molecule has 0 spiro atoms. The van der Waals surface area contributed by atoms with Crippen LogP contribution in [0.3, 0.4) is 0 Å². The average molecular weight is 199 g/mol. The molecule has 15 heavy (non-hydrogen) atoms. The molecule has 76 valence electrons. The zero-order valence-corrected chi connectivity index (χ0v) is 7.51. The second-order valence-electron chi connectivity index (χ2n) is 3.35. The Balaban J connectivity index is 0.000000853. The molecule has 2 nitrogen and oxygen atoms in total. The lowest BCUT2D eigenvalue weighted by Gasteiger charge is -1.94. The molecule has 2 heteroatoms. The first-order valence-corrected chi connectivity index (χ1v) is 4.55. The van der Waals surface area contributed by atoms with Crippen LogP contribution in [-0.4, -0.2) is 9.94 Å². The number of benzene rings is 2. The van der Waals surface area contributed by atoms with Crippen molar-refractivity contribution in [2.24, 2.45) is 0 Å². The molecule has 1 heterocycles. The van der Waals surface area contributed by atoms with Crippen molar-refractivity contribution in [2.45, 2.75) is 7.43 Å². The Morgan fingerprint density at radius 2 is 1.13 bits per heavy atom.